The third kappa shape index (κ3) is 7.37. The minimum absolute atomic E-state index is 0.0671. The number of benzene rings is 2. The fourth-order valence-corrected chi connectivity index (χ4v) is 3.85. The zero-order valence-electron chi connectivity index (χ0n) is 18.6. The normalized spacial score (nSPS) is 15.1. The number of nitrogens with one attached hydrogen (secondary N) is 1. The van der Waals surface area contributed by atoms with Crippen LogP contribution in [0.4, 0.5) is 5.69 Å². The molecule has 2 amide bonds. The van der Waals surface area contributed by atoms with Crippen molar-refractivity contribution in [3.05, 3.63) is 71.3 Å². The average molecular weight is 420 g/mol. The van der Waals surface area contributed by atoms with Gasteiger partial charge in [-0.1, -0.05) is 60.2 Å². The number of hydrogen-bond donors (Lipinski definition) is 1. The number of nitrogens with zero attached hydrogens (tertiary/aromatic N) is 2. The van der Waals surface area contributed by atoms with Crippen LogP contribution in [-0.4, -0.2) is 54.3 Å². The van der Waals surface area contributed by atoms with Gasteiger partial charge < -0.3 is 10.2 Å². The van der Waals surface area contributed by atoms with Crippen molar-refractivity contribution in [2.45, 2.75) is 33.1 Å². The van der Waals surface area contributed by atoms with E-state index >= 15 is 0 Å². The molecule has 0 saturated carbocycles. The maximum Gasteiger partial charge on any atom is 0.224 e. The summed E-state index contributed by atoms with van der Waals surface area (Å²) in [5.41, 5.74) is 4.22. The van der Waals surface area contributed by atoms with Gasteiger partial charge in [0, 0.05) is 51.3 Å². The summed E-state index contributed by atoms with van der Waals surface area (Å²) in [7, 11) is 0. The minimum atomic E-state index is -0.109. The van der Waals surface area contributed by atoms with Crippen molar-refractivity contribution in [2.75, 3.05) is 38.0 Å². The Morgan fingerprint density at radius 1 is 0.968 bits per heavy atom. The van der Waals surface area contributed by atoms with Crippen LogP contribution in [0.2, 0.25) is 0 Å². The summed E-state index contributed by atoms with van der Waals surface area (Å²) in [6.45, 7) is 8.21. The van der Waals surface area contributed by atoms with Crippen molar-refractivity contribution in [1.82, 2.24) is 9.80 Å². The first-order chi connectivity index (χ1) is 15.0. The van der Waals surface area contributed by atoms with Gasteiger partial charge in [-0.3, -0.25) is 14.5 Å². The van der Waals surface area contributed by atoms with Gasteiger partial charge in [-0.2, -0.15) is 0 Å². The molecule has 1 saturated heterocycles. The molecule has 0 spiro atoms. The summed E-state index contributed by atoms with van der Waals surface area (Å²) in [5, 5.41) is 2.93. The van der Waals surface area contributed by atoms with E-state index in [1.165, 1.54) is 5.56 Å². The van der Waals surface area contributed by atoms with E-state index in [-0.39, 0.29) is 24.7 Å². The molecule has 0 atom stereocenters. The smallest absolute Gasteiger partial charge is 0.224 e. The van der Waals surface area contributed by atoms with Crippen LogP contribution in [0.25, 0.3) is 6.08 Å². The van der Waals surface area contributed by atoms with Gasteiger partial charge in [0.05, 0.1) is 0 Å². The highest BCUT2D eigenvalue weighted by Crippen LogP contribution is 2.16. The highest BCUT2D eigenvalue weighted by Gasteiger charge is 2.19. The number of rotatable bonds is 7. The average Bonchev–Trinajstić information content (AvgIpc) is 3.01. The van der Waals surface area contributed by atoms with Gasteiger partial charge in [0.1, 0.15) is 0 Å². The third-order valence-corrected chi connectivity index (χ3v) is 5.64. The van der Waals surface area contributed by atoms with E-state index in [1.807, 2.05) is 55.1 Å². The molecular weight excluding hydrogens is 386 g/mol. The van der Waals surface area contributed by atoms with E-state index in [0.29, 0.717) is 0 Å². The lowest BCUT2D eigenvalue weighted by molar-refractivity contribution is -0.132. The van der Waals surface area contributed by atoms with Crippen molar-refractivity contribution in [1.29, 1.82) is 0 Å². The topological polar surface area (TPSA) is 52.7 Å². The van der Waals surface area contributed by atoms with Crippen LogP contribution >= 0.6 is 0 Å². The van der Waals surface area contributed by atoms with Crippen LogP contribution in [-0.2, 0) is 9.59 Å². The SMILES string of the molecule is Cc1ccc(NC(=O)CCC(=O)N2CCCN(C/C=C/c3ccccc3)CC2)c(C)c1. The maximum atomic E-state index is 12.6. The molecule has 2 aromatic rings. The second-order valence-electron chi connectivity index (χ2n) is 8.21. The lowest BCUT2D eigenvalue weighted by Gasteiger charge is -2.21. The molecule has 164 valence electrons. The Morgan fingerprint density at radius 3 is 2.55 bits per heavy atom. The van der Waals surface area contributed by atoms with Crippen LogP contribution in [0, 0.1) is 13.8 Å². The maximum absolute atomic E-state index is 12.6. The van der Waals surface area contributed by atoms with E-state index in [0.717, 1.165) is 56.0 Å². The summed E-state index contributed by atoms with van der Waals surface area (Å²) >= 11 is 0. The van der Waals surface area contributed by atoms with Crippen LogP contribution in [0.15, 0.2) is 54.6 Å². The second-order valence-corrected chi connectivity index (χ2v) is 8.21. The van der Waals surface area contributed by atoms with Crippen LogP contribution in [0.5, 0.6) is 0 Å². The third-order valence-electron chi connectivity index (χ3n) is 5.64. The Bertz CT molecular complexity index is 908. The fourth-order valence-electron chi connectivity index (χ4n) is 3.85. The molecule has 0 unspecified atom stereocenters. The van der Waals surface area contributed by atoms with E-state index in [2.05, 4.69) is 34.5 Å². The molecule has 1 heterocycles. The minimum Gasteiger partial charge on any atom is -0.341 e. The fraction of sp³-hybridized carbons (Fsp3) is 0.385. The predicted octanol–water partition coefficient (Wildman–Crippen LogP) is 4.27. The summed E-state index contributed by atoms with van der Waals surface area (Å²) in [4.78, 5) is 29.2. The summed E-state index contributed by atoms with van der Waals surface area (Å²) in [5.74, 6) is -0.0414. The Labute approximate surface area is 185 Å². The molecule has 0 aliphatic carbocycles. The molecule has 2 aromatic carbocycles. The molecule has 3 rings (SSSR count). The van der Waals surface area contributed by atoms with E-state index in [4.69, 9.17) is 0 Å². The Kier molecular flexibility index (Phi) is 8.42. The second kappa shape index (κ2) is 11.5. The number of carbonyl (C=O) groups excluding carboxylic acids is 2. The van der Waals surface area contributed by atoms with E-state index in [1.54, 1.807) is 0 Å². The molecule has 0 bridgehead atoms. The van der Waals surface area contributed by atoms with Crippen molar-refractivity contribution < 1.29 is 9.59 Å². The number of anilines is 1. The Balaban J connectivity index is 1.40. The summed E-state index contributed by atoms with van der Waals surface area (Å²) in [6, 6.07) is 16.2. The van der Waals surface area contributed by atoms with Crippen LogP contribution in [0.1, 0.15) is 36.0 Å². The van der Waals surface area contributed by atoms with Gasteiger partial charge in [0.15, 0.2) is 0 Å². The Morgan fingerprint density at radius 2 is 1.77 bits per heavy atom. The number of carbonyl (C=O) groups is 2. The van der Waals surface area contributed by atoms with Crippen LogP contribution in [0.3, 0.4) is 0 Å². The van der Waals surface area contributed by atoms with Gasteiger partial charge in [0.25, 0.3) is 0 Å². The molecule has 31 heavy (non-hydrogen) atoms. The largest absolute Gasteiger partial charge is 0.341 e. The first kappa shape index (κ1) is 22.8. The standard InChI is InChI=1S/C26H33N3O2/c1-21-11-12-24(22(2)20-21)27-25(30)13-14-26(31)29-17-7-16-28(18-19-29)15-6-10-23-8-4-3-5-9-23/h3-6,8-12,20H,7,13-19H2,1-2H3,(H,27,30)/b10-6+. The molecular formula is C26H33N3O2. The molecule has 5 heteroatoms. The summed E-state index contributed by atoms with van der Waals surface area (Å²) in [6.07, 6.45) is 5.75. The van der Waals surface area contributed by atoms with E-state index < -0.39 is 0 Å². The van der Waals surface area contributed by atoms with Gasteiger partial charge in [0.2, 0.25) is 11.8 Å². The molecule has 0 radical (unpaired) electrons. The van der Waals surface area contributed by atoms with Crippen LogP contribution < -0.4 is 5.32 Å². The molecule has 5 nitrogen and oxygen atoms in total. The zero-order chi connectivity index (χ0) is 22.1. The molecule has 1 aliphatic heterocycles. The predicted molar refractivity (Wildman–Crippen MR) is 127 cm³/mol. The lowest BCUT2D eigenvalue weighted by Crippen LogP contribution is -2.35. The van der Waals surface area contributed by atoms with Gasteiger partial charge in [-0.25, -0.2) is 0 Å². The van der Waals surface area contributed by atoms with Gasteiger partial charge in [-0.15, -0.1) is 0 Å². The quantitative estimate of drug-likeness (QED) is 0.729. The van der Waals surface area contributed by atoms with Crippen molar-refractivity contribution in [2.24, 2.45) is 0 Å². The van der Waals surface area contributed by atoms with Gasteiger partial charge >= 0.3 is 0 Å². The van der Waals surface area contributed by atoms with Crippen molar-refractivity contribution in [3.8, 4) is 0 Å². The molecule has 1 fully saturated rings. The molecule has 0 aromatic heterocycles. The lowest BCUT2D eigenvalue weighted by atomic mass is 10.1. The number of aryl methyl sites for hydroxylation is 2. The first-order valence-electron chi connectivity index (χ1n) is 11.1. The highest BCUT2D eigenvalue weighted by molar-refractivity contribution is 5.93. The van der Waals surface area contributed by atoms with Gasteiger partial charge in [-0.05, 0) is 37.5 Å². The van der Waals surface area contributed by atoms with Crippen molar-refractivity contribution in [3.63, 3.8) is 0 Å². The molecule has 1 aliphatic rings. The Hall–Kier alpha value is -2.92. The first-order valence-corrected chi connectivity index (χ1v) is 11.1. The summed E-state index contributed by atoms with van der Waals surface area (Å²) < 4.78 is 0. The zero-order valence-corrected chi connectivity index (χ0v) is 18.6. The molecule has 1 N–H and O–H groups in total. The highest BCUT2D eigenvalue weighted by atomic mass is 16.2. The van der Waals surface area contributed by atoms with E-state index in [9.17, 15) is 9.59 Å². The number of amides is 2. The number of hydrogen-bond acceptors (Lipinski definition) is 3. The monoisotopic (exact) mass is 419 g/mol. The van der Waals surface area contributed by atoms with Crippen molar-refractivity contribution >= 4 is 23.6 Å².